The van der Waals surface area contributed by atoms with E-state index >= 15 is 0 Å². The van der Waals surface area contributed by atoms with Crippen LogP contribution in [0.5, 0.6) is 0 Å². The Kier molecular flexibility index (Phi) is 5.71. The summed E-state index contributed by atoms with van der Waals surface area (Å²) in [4.78, 5) is 2.52. The molecule has 0 N–H and O–H groups in total. The summed E-state index contributed by atoms with van der Waals surface area (Å²) in [6.45, 7) is 6.73. The lowest BCUT2D eigenvalue weighted by atomic mass is 9.84. The van der Waals surface area contributed by atoms with Gasteiger partial charge in [0.05, 0.1) is 12.0 Å². The van der Waals surface area contributed by atoms with Crippen molar-refractivity contribution in [3.8, 4) is 6.07 Å². The predicted molar refractivity (Wildman–Crippen MR) is 63.5 cm³/mol. The Morgan fingerprint density at radius 1 is 1.27 bits per heavy atom. The molecule has 0 heterocycles. The third-order valence-corrected chi connectivity index (χ3v) is 3.57. The molecular formula is C13H24N2. The zero-order chi connectivity index (χ0) is 11.1. The average molecular weight is 208 g/mol. The molecule has 1 rings (SSSR count). The Labute approximate surface area is 94.3 Å². The first-order valence-corrected chi connectivity index (χ1v) is 6.47. The summed E-state index contributed by atoms with van der Waals surface area (Å²) < 4.78 is 0. The van der Waals surface area contributed by atoms with E-state index in [-0.39, 0.29) is 5.92 Å². The highest BCUT2D eigenvalue weighted by Gasteiger charge is 2.28. The van der Waals surface area contributed by atoms with E-state index in [1.54, 1.807) is 0 Å². The Morgan fingerprint density at radius 2 is 2.00 bits per heavy atom. The maximum absolute atomic E-state index is 9.15. The van der Waals surface area contributed by atoms with Gasteiger partial charge in [0, 0.05) is 6.04 Å². The molecule has 0 radical (unpaired) electrons. The summed E-state index contributed by atoms with van der Waals surface area (Å²) in [5.74, 6) is 0.288. The lowest BCUT2D eigenvalue weighted by Crippen LogP contribution is -2.42. The molecule has 0 aliphatic heterocycles. The van der Waals surface area contributed by atoms with Crippen molar-refractivity contribution in [1.29, 1.82) is 5.26 Å². The molecule has 0 aromatic carbocycles. The van der Waals surface area contributed by atoms with Crippen LogP contribution in [0.4, 0.5) is 0 Å². The maximum Gasteiger partial charge on any atom is 0.0672 e. The molecular weight excluding hydrogens is 184 g/mol. The highest BCUT2D eigenvalue weighted by Crippen LogP contribution is 2.28. The largest absolute Gasteiger partial charge is 0.299 e. The molecule has 1 aliphatic rings. The topological polar surface area (TPSA) is 27.0 Å². The summed E-state index contributed by atoms with van der Waals surface area (Å²) in [5.41, 5.74) is 0. The normalized spacial score (nSPS) is 26.5. The molecule has 1 saturated carbocycles. The zero-order valence-electron chi connectivity index (χ0n) is 10.2. The Bertz CT molecular complexity index is 207. The van der Waals surface area contributed by atoms with Gasteiger partial charge in [-0.25, -0.2) is 0 Å². The van der Waals surface area contributed by atoms with Crippen LogP contribution in [0, 0.1) is 17.2 Å². The van der Waals surface area contributed by atoms with E-state index in [9.17, 15) is 0 Å². The summed E-state index contributed by atoms with van der Waals surface area (Å²) >= 11 is 0. The first-order valence-electron chi connectivity index (χ1n) is 6.47. The van der Waals surface area contributed by atoms with Crippen LogP contribution in [-0.2, 0) is 0 Å². The van der Waals surface area contributed by atoms with E-state index in [1.807, 2.05) is 0 Å². The van der Waals surface area contributed by atoms with Crippen LogP contribution < -0.4 is 0 Å². The summed E-state index contributed by atoms with van der Waals surface area (Å²) in [6, 6.07) is 3.05. The third-order valence-electron chi connectivity index (χ3n) is 3.57. The van der Waals surface area contributed by atoms with Crippen molar-refractivity contribution in [1.82, 2.24) is 4.90 Å². The second-order valence-corrected chi connectivity index (χ2v) is 4.57. The number of unbranched alkanes of at least 4 members (excludes halogenated alkanes) is 1. The number of hydrogen-bond donors (Lipinski definition) is 0. The fraction of sp³-hybridized carbons (Fsp3) is 0.923. The van der Waals surface area contributed by atoms with Crippen molar-refractivity contribution in [3.05, 3.63) is 0 Å². The predicted octanol–water partition coefficient (Wildman–Crippen LogP) is 3.19. The number of nitrogens with zero attached hydrogens (tertiary/aromatic N) is 2. The van der Waals surface area contributed by atoms with Gasteiger partial charge in [-0.05, 0) is 32.4 Å². The lowest BCUT2D eigenvalue weighted by molar-refractivity contribution is 0.131. The molecule has 0 saturated heterocycles. The van der Waals surface area contributed by atoms with Gasteiger partial charge in [-0.2, -0.15) is 5.26 Å². The fourth-order valence-corrected chi connectivity index (χ4v) is 2.62. The number of nitriles is 1. The molecule has 2 unspecified atom stereocenters. The average Bonchev–Trinajstić information content (AvgIpc) is 2.30. The van der Waals surface area contributed by atoms with E-state index in [0.717, 1.165) is 13.0 Å². The molecule has 2 nitrogen and oxygen atoms in total. The van der Waals surface area contributed by atoms with Crippen LogP contribution in [0.25, 0.3) is 0 Å². The van der Waals surface area contributed by atoms with E-state index in [0.29, 0.717) is 6.04 Å². The molecule has 1 fully saturated rings. The van der Waals surface area contributed by atoms with Crippen LogP contribution in [-0.4, -0.2) is 24.0 Å². The molecule has 2 heteroatoms. The van der Waals surface area contributed by atoms with Gasteiger partial charge in [0.2, 0.25) is 0 Å². The lowest BCUT2D eigenvalue weighted by Gasteiger charge is -2.36. The molecule has 0 spiro atoms. The van der Waals surface area contributed by atoms with Gasteiger partial charge >= 0.3 is 0 Å². The Hall–Kier alpha value is -0.550. The number of rotatable bonds is 5. The van der Waals surface area contributed by atoms with E-state index in [1.165, 1.54) is 38.6 Å². The second-order valence-electron chi connectivity index (χ2n) is 4.57. The fourth-order valence-electron chi connectivity index (χ4n) is 2.62. The molecule has 0 bridgehead atoms. The molecule has 2 atom stereocenters. The second kappa shape index (κ2) is 6.85. The molecule has 0 aromatic heterocycles. The van der Waals surface area contributed by atoms with Crippen LogP contribution >= 0.6 is 0 Å². The molecule has 86 valence electrons. The van der Waals surface area contributed by atoms with Gasteiger partial charge < -0.3 is 0 Å². The van der Waals surface area contributed by atoms with Gasteiger partial charge in [0.25, 0.3) is 0 Å². The van der Waals surface area contributed by atoms with Crippen molar-refractivity contribution in [2.45, 2.75) is 58.4 Å². The molecule has 0 amide bonds. The monoisotopic (exact) mass is 208 g/mol. The Morgan fingerprint density at radius 3 is 2.60 bits per heavy atom. The first-order chi connectivity index (χ1) is 7.33. The SMILES string of the molecule is CCCCN(CC)C1CCCCC1C#N. The van der Waals surface area contributed by atoms with E-state index in [2.05, 4.69) is 24.8 Å². The summed E-state index contributed by atoms with van der Waals surface area (Å²) in [6.07, 6.45) is 7.42. The minimum atomic E-state index is 0.288. The minimum absolute atomic E-state index is 0.288. The highest BCUT2D eigenvalue weighted by atomic mass is 15.2. The molecule has 15 heavy (non-hydrogen) atoms. The van der Waals surface area contributed by atoms with Crippen LogP contribution in [0.2, 0.25) is 0 Å². The van der Waals surface area contributed by atoms with E-state index in [4.69, 9.17) is 5.26 Å². The van der Waals surface area contributed by atoms with Crippen molar-refractivity contribution in [2.75, 3.05) is 13.1 Å². The quantitative estimate of drug-likeness (QED) is 0.694. The minimum Gasteiger partial charge on any atom is -0.299 e. The Balaban J connectivity index is 2.52. The number of hydrogen-bond acceptors (Lipinski definition) is 2. The smallest absolute Gasteiger partial charge is 0.0672 e. The van der Waals surface area contributed by atoms with Gasteiger partial charge in [-0.15, -0.1) is 0 Å². The van der Waals surface area contributed by atoms with Crippen molar-refractivity contribution in [2.24, 2.45) is 5.92 Å². The van der Waals surface area contributed by atoms with Gasteiger partial charge in [0.1, 0.15) is 0 Å². The summed E-state index contributed by atoms with van der Waals surface area (Å²) in [5, 5.41) is 9.15. The van der Waals surface area contributed by atoms with Crippen molar-refractivity contribution < 1.29 is 0 Å². The van der Waals surface area contributed by atoms with E-state index < -0.39 is 0 Å². The van der Waals surface area contributed by atoms with Crippen molar-refractivity contribution >= 4 is 0 Å². The van der Waals surface area contributed by atoms with Gasteiger partial charge in [0.15, 0.2) is 0 Å². The third kappa shape index (κ3) is 3.50. The van der Waals surface area contributed by atoms with Crippen LogP contribution in [0.15, 0.2) is 0 Å². The zero-order valence-corrected chi connectivity index (χ0v) is 10.2. The van der Waals surface area contributed by atoms with Crippen LogP contribution in [0.3, 0.4) is 0 Å². The van der Waals surface area contributed by atoms with Crippen LogP contribution in [0.1, 0.15) is 52.4 Å². The van der Waals surface area contributed by atoms with Gasteiger partial charge in [-0.3, -0.25) is 4.90 Å². The summed E-state index contributed by atoms with van der Waals surface area (Å²) in [7, 11) is 0. The molecule has 0 aromatic rings. The highest BCUT2D eigenvalue weighted by molar-refractivity contribution is 4.95. The standard InChI is InChI=1S/C13H24N2/c1-3-5-10-15(4-2)13-9-7-6-8-12(13)11-14/h12-13H,3-10H2,1-2H3. The molecule has 1 aliphatic carbocycles. The first kappa shape index (κ1) is 12.5. The maximum atomic E-state index is 9.15. The van der Waals surface area contributed by atoms with Gasteiger partial charge in [-0.1, -0.05) is 33.1 Å². The van der Waals surface area contributed by atoms with Crippen molar-refractivity contribution in [3.63, 3.8) is 0 Å².